The summed E-state index contributed by atoms with van der Waals surface area (Å²) in [5.74, 6) is 2.37. The quantitative estimate of drug-likeness (QED) is 0.403. The van der Waals surface area contributed by atoms with Gasteiger partial charge >= 0.3 is 0 Å². The minimum Gasteiger partial charge on any atom is -0.325 e. The fourth-order valence-electron chi connectivity index (χ4n) is 4.58. The zero-order valence-electron chi connectivity index (χ0n) is 19.2. The predicted octanol–water partition coefficient (Wildman–Crippen LogP) is 3.77. The highest BCUT2D eigenvalue weighted by molar-refractivity contribution is 6.00. The molecule has 0 aromatic carbocycles. The maximum atomic E-state index is 13.4. The first-order valence-electron chi connectivity index (χ1n) is 11.7. The number of pyridine rings is 1. The lowest BCUT2D eigenvalue weighted by Gasteiger charge is -2.34. The Morgan fingerprint density at radius 1 is 1.26 bits per heavy atom. The summed E-state index contributed by atoms with van der Waals surface area (Å²) in [5.41, 5.74) is 2.79. The fraction of sp³-hybridized carbons (Fsp3) is 0.375. The highest BCUT2D eigenvalue weighted by atomic mass is 16.2. The van der Waals surface area contributed by atoms with Gasteiger partial charge in [0.2, 0.25) is 11.9 Å². The second-order valence-electron chi connectivity index (χ2n) is 9.38. The summed E-state index contributed by atoms with van der Waals surface area (Å²) in [5, 5.41) is 18.6. The Hall–Kier alpha value is -3.95. The number of nitrogens with one attached hydrogen (secondary N) is 3. The van der Waals surface area contributed by atoms with Crippen molar-refractivity contribution in [2.45, 2.75) is 51.0 Å². The van der Waals surface area contributed by atoms with Gasteiger partial charge in [-0.1, -0.05) is 0 Å². The minimum atomic E-state index is -0.783. The van der Waals surface area contributed by atoms with Gasteiger partial charge in [-0.2, -0.15) is 10.1 Å². The van der Waals surface area contributed by atoms with Crippen LogP contribution >= 0.6 is 0 Å². The maximum Gasteiger partial charge on any atom is 0.250 e. The van der Waals surface area contributed by atoms with Crippen LogP contribution in [0.3, 0.4) is 0 Å². The SMILES string of the molecule is Cc1ccc(NC(=O)[C@]2(C)CCCN2c2nc(Nc3cc(C4CC4)[nH]n3)c3cccn3n2)cn1. The van der Waals surface area contributed by atoms with E-state index in [4.69, 9.17) is 10.1 Å². The molecule has 0 radical (unpaired) electrons. The monoisotopic (exact) mass is 457 g/mol. The van der Waals surface area contributed by atoms with E-state index in [2.05, 4.69) is 25.8 Å². The molecule has 174 valence electrons. The fourth-order valence-corrected chi connectivity index (χ4v) is 4.58. The lowest BCUT2D eigenvalue weighted by Crippen LogP contribution is -2.51. The van der Waals surface area contributed by atoms with Crippen LogP contribution in [-0.4, -0.2) is 47.8 Å². The smallest absolute Gasteiger partial charge is 0.250 e. The van der Waals surface area contributed by atoms with Crippen LogP contribution in [0.15, 0.2) is 42.7 Å². The molecule has 0 bridgehead atoms. The van der Waals surface area contributed by atoms with Crippen molar-refractivity contribution in [2.24, 2.45) is 0 Å². The molecular weight excluding hydrogens is 430 g/mol. The van der Waals surface area contributed by atoms with Gasteiger partial charge in [-0.25, -0.2) is 4.52 Å². The van der Waals surface area contributed by atoms with Crippen LogP contribution < -0.4 is 15.5 Å². The van der Waals surface area contributed by atoms with Crippen LogP contribution in [0, 0.1) is 6.92 Å². The number of H-pyrrole nitrogens is 1. The third kappa shape index (κ3) is 3.64. The number of anilines is 4. The molecule has 3 N–H and O–H groups in total. The Labute approximate surface area is 196 Å². The molecule has 1 atom stereocenters. The number of amides is 1. The number of carbonyl (C=O) groups excluding carboxylic acids is 1. The molecule has 4 aromatic heterocycles. The van der Waals surface area contributed by atoms with E-state index in [1.807, 2.05) is 55.3 Å². The number of hydrogen-bond donors (Lipinski definition) is 3. The molecule has 1 saturated carbocycles. The Morgan fingerprint density at radius 2 is 2.15 bits per heavy atom. The normalized spacial score (nSPS) is 20.1. The minimum absolute atomic E-state index is 0.0947. The second-order valence-corrected chi connectivity index (χ2v) is 9.38. The molecule has 5 heterocycles. The van der Waals surface area contributed by atoms with Crippen molar-refractivity contribution in [1.82, 2.24) is 29.8 Å². The maximum absolute atomic E-state index is 13.4. The number of fused-ring (bicyclic) bond motifs is 1. The van der Waals surface area contributed by atoms with E-state index >= 15 is 0 Å². The molecule has 0 unspecified atom stereocenters. The molecule has 1 amide bonds. The molecular formula is C24H27N9O. The Bertz CT molecular complexity index is 1350. The van der Waals surface area contributed by atoms with Crippen molar-refractivity contribution in [1.29, 1.82) is 0 Å². The average Bonchev–Trinajstić information content (AvgIpc) is 3.20. The van der Waals surface area contributed by atoms with Crippen molar-refractivity contribution in [2.75, 3.05) is 22.1 Å². The van der Waals surface area contributed by atoms with Gasteiger partial charge in [-0.15, -0.1) is 5.10 Å². The van der Waals surface area contributed by atoms with Crippen LogP contribution in [0.1, 0.15) is 49.9 Å². The van der Waals surface area contributed by atoms with Gasteiger partial charge in [0.1, 0.15) is 11.1 Å². The summed E-state index contributed by atoms with van der Waals surface area (Å²) < 4.78 is 1.79. The van der Waals surface area contributed by atoms with E-state index in [9.17, 15) is 4.79 Å². The van der Waals surface area contributed by atoms with Crippen molar-refractivity contribution in [3.8, 4) is 0 Å². The summed E-state index contributed by atoms with van der Waals surface area (Å²) in [7, 11) is 0. The third-order valence-electron chi connectivity index (χ3n) is 6.78. The molecule has 10 nitrogen and oxygen atoms in total. The van der Waals surface area contributed by atoms with E-state index < -0.39 is 5.54 Å². The standard InChI is InChI=1S/C24H27N9O/c1-15-6-9-17(14-25-15)26-22(34)24(2)10-4-11-32(24)23-28-21(19-5-3-12-33(19)31-23)27-20-13-18(29-30-20)16-7-8-16/h3,5-6,9,12-14,16H,4,7-8,10-11H2,1-2H3,(H,26,34)(H2,27,28,29,30,31)/t24-/m0/s1. The van der Waals surface area contributed by atoms with Crippen LogP contribution in [-0.2, 0) is 4.79 Å². The van der Waals surface area contributed by atoms with Crippen molar-refractivity contribution in [3.63, 3.8) is 0 Å². The van der Waals surface area contributed by atoms with Gasteiger partial charge in [-0.3, -0.25) is 14.9 Å². The molecule has 1 saturated heterocycles. The van der Waals surface area contributed by atoms with Gasteiger partial charge in [0.15, 0.2) is 11.6 Å². The Morgan fingerprint density at radius 3 is 2.94 bits per heavy atom. The molecule has 2 aliphatic rings. The average molecular weight is 458 g/mol. The Kier molecular flexibility index (Phi) is 4.75. The van der Waals surface area contributed by atoms with Crippen molar-refractivity contribution in [3.05, 3.63) is 54.1 Å². The summed E-state index contributed by atoms with van der Waals surface area (Å²) in [6, 6.07) is 9.68. The summed E-state index contributed by atoms with van der Waals surface area (Å²) in [4.78, 5) is 24.5. The van der Waals surface area contributed by atoms with Gasteiger partial charge in [0.25, 0.3) is 0 Å². The topological polar surface area (TPSA) is 116 Å². The van der Waals surface area contributed by atoms with Gasteiger partial charge in [0.05, 0.1) is 11.9 Å². The summed E-state index contributed by atoms with van der Waals surface area (Å²) in [6.07, 6.45) is 7.55. The van der Waals surface area contributed by atoms with Gasteiger partial charge < -0.3 is 15.5 Å². The van der Waals surface area contributed by atoms with E-state index in [1.165, 1.54) is 12.8 Å². The van der Waals surface area contributed by atoms with Crippen molar-refractivity contribution < 1.29 is 4.79 Å². The number of carbonyl (C=O) groups is 1. The molecule has 0 spiro atoms. The first-order chi connectivity index (χ1) is 16.5. The van der Waals surface area contributed by atoms with Crippen LogP contribution in [0.4, 0.5) is 23.3 Å². The van der Waals surface area contributed by atoms with Crippen LogP contribution in [0.25, 0.3) is 5.52 Å². The second kappa shape index (κ2) is 7.82. The van der Waals surface area contributed by atoms with Gasteiger partial charge in [-0.05, 0) is 63.8 Å². The van der Waals surface area contributed by atoms with Crippen LogP contribution in [0.5, 0.6) is 0 Å². The van der Waals surface area contributed by atoms with Crippen LogP contribution in [0.2, 0.25) is 0 Å². The Balaban J connectivity index is 1.31. The highest BCUT2D eigenvalue weighted by Crippen LogP contribution is 2.40. The number of hydrogen-bond acceptors (Lipinski definition) is 7. The molecule has 6 rings (SSSR count). The number of aryl methyl sites for hydroxylation is 1. The number of aromatic amines is 1. The first-order valence-corrected chi connectivity index (χ1v) is 11.7. The summed E-state index contributed by atoms with van der Waals surface area (Å²) >= 11 is 0. The largest absolute Gasteiger partial charge is 0.325 e. The first kappa shape index (κ1) is 20.6. The molecule has 34 heavy (non-hydrogen) atoms. The van der Waals surface area contributed by atoms with Gasteiger partial charge in [0, 0.05) is 36.1 Å². The molecule has 10 heteroatoms. The molecule has 1 aliphatic heterocycles. The number of nitrogens with zero attached hydrogens (tertiary/aromatic N) is 6. The zero-order valence-corrected chi connectivity index (χ0v) is 19.2. The molecule has 1 aliphatic carbocycles. The summed E-state index contributed by atoms with van der Waals surface area (Å²) in [6.45, 7) is 4.56. The lowest BCUT2D eigenvalue weighted by molar-refractivity contribution is -0.120. The number of aromatic nitrogens is 6. The van der Waals surface area contributed by atoms with E-state index in [0.29, 0.717) is 36.3 Å². The molecule has 4 aromatic rings. The molecule has 2 fully saturated rings. The third-order valence-corrected chi connectivity index (χ3v) is 6.78. The zero-order chi connectivity index (χ0) is 23.3. The van der Waals surface area contributed by atoms with E-state index in [0.717, 1.165) is 29.1 Å². The number of rotatable bonds is 6. The highest BCUT2D eigenvalue weighted by Gasteiger charge is 2.45. The lowest BCUT2D eigenvalue weighted by atomic mass is 9.97. The van der Waals surface area contributed by atoms with Crippen molar-refractivity contribution >= 4 is 34.7 Å². The van der Waals surface area contributed by atoms with E-state index in [1.54, 1.807) is 10.7 Å². The van der Waals surface area contributed by atoms with E-state index in [-0.39, 0.29) is 5.91 Å². The predicted molar refractivity (Wildman–Crippen MR) is 129 cm³/mol.